The third-order valence-electron chi connectivity index (χ3n) is 3.99. The second kappa shape index (κ2) is 6.76. The first-order valence-corrected chi connectivity index (χ1v) is 7.74. The molecule has 3 heterocycles. The fourth-order valence-corrected chi connectivity index (χ4v) is 2.69. The van der Waals surface area contributed by atoms with Crippen molar-refractivity contribution in [3.8, 4) is 0 Å². The molecule has 122 valence electrons. The molecule has 1 aliphatic heterocycles. The fraction of sp³-hybridized carbons (Fsp3) is 0.438. The van der Waals surface area contributed by atoms with E-state index in [0.717, 1.165) is 43.4 Å². The van der Waals surface area contributed by atoms with E-state index in [1.54, 1.807) is 12.4 Å². The van der Waals surface area contributed by atoms with E-state index in [0.29, 0.717) is 6.04 Å². The Kier molecular flexibility index (Phi) is 4.55. The normalized spacial score (nSPS) is 15.5. The van der Waals surface area contributed by atoms with Crippen molar-refractivity contribution in [1.29, 1.82) is 0 Å². The van der Waals surface area contributed by atoms with Crippen molar-refractivity contribution >= 4 is 17.5 Å². The maximum absolute atomic E-state index is 12.9. The van der Waals surface area contributed by atoms with Gasteiger partial charge in [-0.25, -0.2) is 19.3 Å². The Hall–Kier alpha value is -2.44. The Morgan fingerprint density at radius 1 is 1.17 bits per heavy atom. The Balaban J connectivity index is 1.57. The standard InChI is InChI=1S/C16H21FN6/c1-22(2)16-9-14(19-11-20-16)21-13-5-7-23(8-6-13)15-4-3-12(17)10-18-15/h3-4,9-11,13H,5-8H2,1-2H3,(H,19,20,21). The predicted octanol–water partition coefficient (Wildman–Crippen LogP) is 2.16. The van der Waals surface area contributed by atoms with E-state index in [4.69, 9.17) is 0 Å². The van der Waals surface area contributed by atoms with E-state index in [2.05, 4.69) is 25.2 Å². The van der Waals surface area contributed by atoms with Crippen LogP contribution in [-0.4, -0.2) is 48.2 Å². The highest BCUT2D eigenvalue weighted by Crippen LogP contribution is 2.21. The molecule has 0 bridgehead atoms. The molecule has 6 nitrogen and oxygen atoms in total. The molecule has 23 heavy (non-hydrogen) atoms. The Morgan fingerprint density at radius 3 is 2.61 bits per heavy atom. The van der Waals surface area contributed by atoms with Crippen molar-refractivity contribution in [2.45, 2.75) is 18.9 Å². The van der Waals surface area contributed by atoms with Crippen LogP contribution in [-0.2, 0) is 0 Å². The highest BCUT2D eigenvalue weighted by molar-refractivity contribution is 5.48. The maximum Gasteiger partial charge on any atom is 0.141 e. The van der Waals surface area contributed by atoms with E-state index in [1.165, 1.54) is 12.3 Å². The van der Waals surface area contributed by atoms with Gasteiger partial charge < -0.3 is 15.1 Å². The van der Waals surface area contributed by atoms with Crippen molar-refractivity contribution < 1.29 is 4.39 Å². The fourth-order valence-electron chi connectivity index (χ4n) is 2.69. The first-order chi connectivity index (χ1) is 11.1. The van der Waals surface area contributed by atoms with Crippen molar-refractivity contribution in [3.63, 3.8) is 0 Å². The van der Waals surface area contributed by atoms with Crippen molar-refractivity contribution in [2.75, 3.05) is 42.3 Å². The largest absolute Gasteiger partial charge is 0.367 e. The van der Waals surface area contributed by atoms with Crippen LogP contribution in [0.25, 0.3) is 0 Å². The first-order valence-electron chi connectivity index (χ1n) is 7.74. The van der Waals surface area contributed by atoms with Gasteiger partial charge in [-0.05, 0) is 25.0 Å². The minimum absolute atomic E-state index is 0.300. The van der Waals surface area contributed by atoms with Crippen LogP contribution in [0.15, 0.2) is 30.7 Å². The number of aromatic nitrogens is 3. The molecule has 2 aromatic heterocycles. The van der Waals surface area contributed by atoms with Gasteiger partial charge in [0.1, 0.15) is 29.6 Å². The Bertz CT molecular complexity index is 637. The molecule has 0 saturated carbocycles. The number of halogens is 1. The van der Waals surface area contributed by atoms with Gasteiger partial charge in [0.15, 0.2) is 0 Å². The molecule has 1 N–H and O–H groups in total. The van der Waals surface area contributed by atoms with E-state index in [-0.39, 0.29) is 5.82 Å². The lowest BCUT2D eigenvalue weighted by atomic mass is 10.1. The number of piperidine rings is 1. The topological polar surface area (TPSA) is 57.2 Å². The van der Waals surface area contributed by atoms with Gasteiger partial charge in [0.25, 0.3) is 0 Å². The number of nitrogens with one attached hydrogen (secondary N) is 1. The average molecular weight is 316 g/mol. The van der Waals surface area contributed by atoms with E-state index in [1.807, 2.05) is 25.1 Å². The molecule has 0 aromatic carbocycles. The summed E-state index contributed by atoms with van der Waals surface area (Å²) in [7, 11) is 3.92. The lowest BCUT2D eigenvalue weighted by Crippen LogP contribution is -2.39. The smallest absolute Gasteiger partial charge is 0.141 e. The van der Waals surface area contributed by atoms with Crippen LogP contribution in [0.4, 0.5) is 21.8 Å². The zero-order chi connectivity index (χ0) is 16.2. The van der Waals surface area contributed by atoms with Crippen LogP contribution in [0.1, 0.15) is 12.8 Å². The summed E-state index contributed by atoms with van der Waals surface area (Å²) in [5.74, 6) is 2.27. The molecule has 0 atom stereocenters. The first kappa shape index (κ1) is 15.5. The number of nitrogens with zero attached hydrogens (tertiary/aromatic N) is 5. The van der Waals surface area contributed by atoms with Gasteiger partial charge in [0.2, 0.25) is 0 Å². The van der Waals surface area contributed by atoms with Gasteiger partial charge in [0.05, 0.1) is 6.20 Å². The monoisotopic (exact) mass is 316 g/mol. The van der Waals surface area contributed by atoms with Crippen LogP contribution >= 0.6 is 0 Å². The molecule has 0 radical (unpaired) electrons. The molecular weight excluding hydrogens is 295 g/mol. The molecule has 0 amide bonds. The van der Waals surface area contributed by atoms with Crippen molar-refractivity contribution in [3.05, 3.63) is 36.5 Å². The van der Waals surface area contributed by atoms with Crippen LogP contribution in [0.3, 0.4) is 0 Å². The molecule has 1 aliphatic rings. The zero-order valence-corrected chi connectivity index (χ0v) is 13.4. The molecule has 0 aliphatic carbocycles. The molecule has 1 saturated heterocycles. The van der Waals surface area contributed by atoms with Crippen LogP contribution < -0.4 is 15.1 Å². The number of hydrogen-bond acceptors (Lipinski definition) is 6. The number of rotatable bonds is 4. The second-order valence-electron chi connectivity index (χ2n) is 5.90. The summed E-state index contributed by atoms with van der Waals surface area (Å²) in [4.78, 5) is 16.8. The lowest BCUT2D eigenvalue weighted by Gasteiger charge is -2.33. The summed E-state index contributed by atoms with van der Waals surface area (Å²) in [5, 5.41) is 3.47. The summed E-state index contributed by atoms with van der Waals surface area (Å²) in [6.45, 7) is 1.78. The van der Waals surface area contributed by atoms with Gasteiger partial charge >= 0.3 is 0 Å². The van der Waals surface area contributed by atoms with Crippen LogP contribution in [0, 0.1) is 5.82 Å². The summed E-state index contributed by atoms with van der Waals surface area (Å²) in [6, 6.07) is 5.51. The van der Waals surface area contributed by atoms with E-state index < -0.39 is 0 Å². The second-order valence-corrected chi connectivity index (χ2v) is 5.90. The van der Waals surface area contributed by atoms with Gasteiger partial charge in [-0.1, -0.05) is 0 Å². The molecule has 2 aromatic rings. The quantitative estimate of drug-likeness (QED) is 0.933. The molecule has 0 unspecified atom stereocenters. The van der Waals surface area contributed by atoms with Gasteiger partial charge in [-0.2, -0.15) is 0 Å². The predicted molar refractivity (Wildman–Crippen MR) is 89.4 cm³/mol. The highest BCUT2D eigenvalue weighted by atomic mass is 19.1. The summed E-state index contributed by atoms with van der Waals surface area (Å²) >= 11 is 0. The molecule has 1 fully saturated rings. The summed E-state index contributed by atoms with van der Waals surface area (Å²) in [5.41, 5.74) is 0. The molecule has 7 heteroatoms. The third kappa shape index (κ3) is 3.85. The van der Waals surface area contributed by atoms with Crippen molar-refractivity contribution in [2.24, 2.45) is 0 Å². The minimum Gasteiger partial charge on any atom is -0.367 e. The van der Waals surface area contributed by atoms with Gasteiger partial charge in [-0.15, -0.1) is 0 Å². The lowest BCUT2D eigenvalue weighted by molar-refractivity contribution is 0.521. The maximum atomic E-state index is 12.9. The van der Waals surface area contributed by atoms with E-state index >= 15 is 0 Å². The minimum atomic E-state index is -0.300. The van der Waals surface area contributed by atoms with Gasteiger partial charge in [-0.3, -0.25) is 0 Å². The third-order valence-corrected chi connectivity index (χ3v) is 3.99. The average Bonchev–Trinajstić information content (AvgIpc) is 2.57. The molecule has 0 spiro atoms. The highest BCUT2D eigenvalue weighted by Gasteiger charge is 2.20. The Morgan fingerprint density at radius 2 is 1.96 bits per heavy atom. The van der Waals surface area contributed by atoms with E-state index in [9.17, 15) is 4.39 Å². The SMILES string of the molecule is CN(C)c1cc(NC2CCN(c3ccc(F)cn3)CC2)ncn1. The zero-order valence-electron chi connectivity index (χ0n) is 13.4. The number of anilines is 3. The van der Waals surface area contributed by atoms with Crippen LogP contribution in [0.5, 0.6) is 0 Å². The molecular formula is C16H21FN6. The summed E-state index contributed by atoms with van der Waals surface area (Å²) in [6.07, 6.45) is 4.82. The number of hydrogen-bond donors (Lipinski definition) is 1. The van der Waals surface area contributed by atoms with Crippen LogP contribution in [0.2, 0.25) is 0 Å². The summed E-state index contributed by atoms with van der Waals surface area (Å²) < 4.78 is 12.9. The number of pyridine rings is 1. The van der Waals surface area contributed by atoms with Gasteiger partial charge in [0, 0.05) is 39.3 Å². The Labute approximate surface area is 135 Å². The van der Waals surface area contributed by atoms with Crippen molar-refractivity contribution in [1.82, 2.24) is 15.0 Å². The molecule has 3 rings (SSSR count).